The Kier molecular flexibility index (Phi) is 7.01. The van der Waals surface area contributed by atoms with Crippen molar-refractivity contribution < 1.29 is 9.53 Å². The van der Waals surface area contributed by atoms with Crippen molar-refractivity contribution in [2.75, 3.05) is 11.1 Å². The number of carbonyl (C=O) groups excluding carboxylic acids is 1. The van der Waals surface area contributed by atoms with Crippen LogP contribution < -0.4 is 5.32 Å². The fraction of sp³-hybridized carbons (Fsp3) is 0.526. The van der Waals surface area contributed by atoms with Crippen molar-refractivity contribution in [1.82, 2.24) is 14.8 Å². The van der Waals surface area contributed by atoms with Crippen LogP contribution in [-0.4, -0.2) is 32.6 Å². The number of nitrogens with zero attached hydrogens (tertiary/aromatic N) is 3. The number of hydrogen-bond acceptors (Lipinski definition) is 6. The number of halogens is 1. The molecule has 0 unspecified atom stereocenters. The van der Waals surface area contributed by atoms with E-state index in [0.29, 0.717) is 11.7 Å². The lowest BCUT2D eigenvalue weighted by Gasteiger charge is -2.21. The molecule has 1 aliphatic rings. The van der Waals surface area contributed by atoms with Crippen LogP contribution in [0.25, 0.3) is 0 Å². The summed E-state index contributed by atoms with van der Waals surface area (Å²) in [5.41, 5.74) is 1.97. The second-order valence-electron chi connectivity index (χ2n) is 6.81. The standard InChI is InChI=1S/C19H25ClN4O2S/c1-13-8-9-14(10-16(13)20)21-11-17-22-23-19(24(17)2)27-12-18(25)26-15-6-4-3-5-7-15/h8-10,15,21H,3-7,11-12H2,1-2H3. The molecule has 0 bridgehead atoms. The van der Waals surface area contributed by atoms with Crippen molar-refractivity contribution in [2.45, 2.75) is 56.8 Å². The Labute approximate surface area is 169 Å². The van der Waals surface area contributed by atoms with Crippen molar-refractivity contribution in [3.63, 3.8) is 0 Å². The SMILES string of the molecule is Cc1ccc(NCc2nnc(SCC(=O)OC3CCCCC3)n2C)cc1Cl. The van der Waals surface area contributed by atoms with E-state index in [1.54, 1.807) is 0 Å². The molecule has 0 atom stereocenters. The number of esters is 1. The highest BCUT2D eigenvalue weighted by molar-refractivity contribution is 7.99. The van der Waals surface area contributed by atoms with Gasteiger partial charge in [0.15, 0.2) is 11.0 Å². The number of thioether (sulfide) groups is 1. The highest BCUT2D eigenvalue weighted by Gasteiger charge is 2.18. The lowest BCUT2D eigenvalue weighted by molar-refractivity contribution is -0.147. The fourth-order valence-electron chi connectivity index (χ4n) is 3.03. The third-order valence-corrected chi connectivity index (χ3v) is 6.12. The number of aryl methyl sites for hydroxylation is 1. The van der Waals surface area contributed by atoms with Crippen molar-refractivity contribution in [3.8, 4) is 0 Å². The Bertz CT molecular complexity index is 790. The first-order valence-corrected chi connectivity index (χ1v) is 10.6. The molecule has 1 saturated carbocycles. The van der Waals surface area contributed by atoms with Gasteiger partial charge in [-0.3, -0.25) is 4.79 Å². The van der Waals surface area contributed by atoms with E-state index in [-0.39, 0.29) is 17.8 Å². The molecule has 6 nitrogen and oxygen atoms in total. The molecule has 1 aliphatic carbocycles. The van der Waals surface area contributed by atoms with Gasteiger partial charge >= 0.3 is 5.97 Å². The van der Waals surface area contributed by atoms with Crippen LogP contribution in [0.15, 0.2) is 23.4 Å². The maximum absolute atomic E-state index is 12.0. The maximum atomic E-state index is 12.0. The average molecular weight is 409 g/mol. The first-order chi connectivity index (χ1) is 13.0. The minimum absolute atomic E-state index is 0.0902. The molecule has 0 radical (unpaired) electrons. The second kappa shape index (κ2) is 9.46. The number of anilines is 1. The van der Waals surface area contributed by atoms with E-state index in [1.807, 2.05) is 36.7 Å². The molecule has 3 rings (SSSR count). The molecule has 8 heteroatoms. The molecule has 0 saturated heterocycles. The summed E-state index contributed by atoms with van der Waals surface area (Å²) < 4.78 is 7.43. The van der Waals surface area contributed by atoms with Crippen LogP contribution in [0.5, 0.6) is 0 Å². The van der Waals surface area contributed by atoms with Gasteiger partial charge in [0.2, 0.25) is 0 Å². The molecule has 0 spiro atoms. The van der Waals surface area contributed by atoms with Gasteiger partial charge in [0.25, 0.3) is 0 Å². The minimum atomic E-state index is -0.177. The van der Waals surface area contributed by atoms with Crippen molar-refractivity contribution in [1.29, 1.82) is 0 Å². The number of rotatable bonds is 7. The van der Waals surface area contributed by atoms with Crippen LogP contribution >= 0.6 is 23.4 Å². The lowest BCUT2D eigenvalue weighted by atomic mass is 9.98. The Balaban J connectivity index is 1.49. The third kappa shape index (κ3) is 5.62. The van der Waals surface area contributed by atoms with Crippen LogP contribution in [0, 0.1) is 6.92 Å². The first kappa shape index (κ1) is 20.0. The molecule has 27 heavy (non-hydrogen) atoms. The van der Waals surface area contributed by atoms with Crippen LogP contribution in [0.3, 0.4) is 0 Å². The van der Waals surface area contributed by atoms with Gasteiger partial charge < -0.3 is 14.6 Å². The molecule has 1 heterocycles. The lowest BCUT2D eigenvalue weighted by Crippen LogP contribution is -2.22. The highest BCUT2D eigenvalue weighted by atomic mass is 35.5. The summed E-state index contributed by atoms with van der Waals surface area (Å²) in [6, 6.07) is 5.85. The highest BCUT2D eigenvalue weighted by Crippen LogP contribution is 2.23. The zero-order chi connectivity index (χ0) is 19.2. The van der Waals surface area contributed by atoms with E-state index in [2.05, 4.69) is 15.5 Å². The summed E-state index contributed by atoms with van der Waals surface area (Å²) in [6.07, 6.45) is 5.60. The smallest absolute Gasteiger partial charge is 0.316 e. The van der Waals surface area contributed by atoms with Crippen LogP contribution in [0.4, 0.5) is 5.69 Å². The molecule has 2 aromatic rings. The van der Waals surface area contributed by atoms with Gasteiger partial charge in [-0.25, -0.2) is 0 Å². The van der Waals surface area contributed by atoms with Crippen molar-refractivity contribution in [2.24, 2.45) is 7.05 Å². The quantitative estimate of drug-likeness (QED) is 0.542. The fourth-order valence-corrected chi connectivity index (χ4v) is 3.93. The molecule has 0 aliphatic heterocycles. The Morgan fingerprint density at radius 2 is 2.11 bits per heavy atom. The number of ether oxygens (including phenoxy) is 1. The predicted molar refractivity (Wildman–Crippen MR) is 108 cm³/mol. The van der Waals surface area contributed by atoms with E-state index in [1.165, 1.54) is 18.2 Å². The van der Waals surface area contributed by atoms with E-state index in [0.717, 1.165) is 47.8 Å². The molecule has 146 valence electrons. The zero-order valence-electron chi connectivity index (χ0n) is 15.7. The summed E-state index contributed by atoms with van der Waals surface area (Å²) in [5.74, 6) is 0.863. The van der Waals surface area contributed by atoms with Gasteiger partial charge in [0, 0.05) is 17.8 Å². The van der Waals surface area contributed by atoms with Crippen molar-refractivity contribution in [3.05, 3.63) is 34.6 Å². The van der Waals surface area contributed by atoms with Gasteiger partial charge in [-0.2, -0.15) is 0 Å². The van der Waals surface area contributed by atoms with E-state index < -0.39 is 0 Å². The average Bonchev–Trinajstić information content (AvgIpc) is 3.01. The summed E-state index contributed by atoms with van der Waals surface area (Å²) in [7, 11) is 1.90. The first-order valence-electron chi connectivity index (χ1n) is 9.23. The van der Waals surface area contributed by atoms with Gasteiger partial charge in [-0.05, 0) is 50.3 Å². The van der Waals surface area contributed by atoms with Gasteiger partial charge in [-0.1, -0.05) is 35.9 Å². The monoisotopic (exact) mass is 408 g/mol. The molecule has 1 N–H and O–H groups in total. The minimum Gasteiger partial charge on any atom is -0.462 e. The zero-order valence-corrected chi connectivity index (χ0v) is 17.3. The molecular weight excluding hydrogens is 384 g/mol. The summed E-state index contributed by atoms with van der Waals surface area (Å²) in [4.78, 5) is 12.0. The van der Waals surface area contributed by atoms with E-state index in [4.69, 9.17) is 16.3 Å². The molecule has 1 aromatic heterocycles. The Morgan fingerprint density at radius 3 is 2.85 bits per heavy atom. The molecule has 1 aromatic carbocycles. The van der Waals surface area contributed by atoms with Crippen LogP contribution in [0.1, 0.15) is 43.5 Å². The summed E-state index contributed by atoms with van der Waals surface area (Å²) in [5, 5.41) is 13.1. The Hall–Kier alpha value is -1.73. The number of benzene rings is 1. The number of nitrogens with one attached hydrogen (secondary N) is 1. The van der Waals surface area contributed by atoms with Crippen molar-refractivity contribution >= 4 is 35.0 Å². The summed E-state index contributed by atoms with van der Waals surface area (Å²) >= 11 is 7.51. The van der Waals surface area contributed by atoms with Gasteiger partial charge in [-0.15, -0.1) is 10.2 Å². The molecule has 0 amide bonds. The predicted octanol–water partition coefficient (Wildman–Crippen LogP) is 4.36. The summed E-state index contributed by atoms with van der Waals surface area (Å²) in [6.45, 7) is 2.49. The topological polar surface area (TPSA) is 69.0 Å². The largest absolute Gasteiger partial charge is 0.462 e. The maximum Gasteiger partial charge on any atom is 0.316 e. The molecule has 1 fully saturated rings. The third-order valence-electron chi connectivity index (χ3n) is 4.72. The Morgan fingerprint density at radius 1 is 1.33 bits per heavy atom. The van der Waals surface area contributed by atoms with E-state index in [9.17, 15) is 4.79 Å². The number of carbonyl (C=O) groups is 1. The van der Waals surface area contributed by atoms with E-state index >= 15 is 0 Å². The van der Waals surface area contributed by atoms with Gasteiger partial charge in [0.05, 0.1) is 12.3 Å². The second-order valence-corrected chi connectivity index (χ2v) is 8.16. The number of aromatic nitrogens is 3. The number of hydrogen-bond donors (Lipinski definition) is 1. The van der Waals surface area contributed by atoms with Crippen LogP contribution in [0.2, 0.25) is 5.02 Å². The normalized spacial score (nSPS) is 14.9. The van der Waals surface area contributed by atoms with Gasteiger partial charge in [0.1, 0.15) is 6.10 Å². The molecular formula is C19H25ClN4O2S. The van der Waals surface area contributed by atoms with Crippen LogP contribution in [-0.2, 0) is 23.1 Å².